The average molecular weight is 300 g/mol. The molecule has 0 aliphatic carbocycles. The Hall–Kier alpha value is -1.13. The van der Waals surface area contributed by atoms with Gasteiger partial charge in [0.15, 0.2) is 0 Å². The Morgan fingerprint density at radius 1 is 0.619 bits per heavy atom. The van der Waals surface area contributed by atoms with Crippen LogP contribution in [0.3, 0.4) is 0 Å². The van der Waals surface area contributed by atoms with E-state index in [4.69, 9.17) is 0 Å². The van der Waals surface area contributed by atoms with Crippen LogP contribution >= 0.6 is 7.26 Å². The third-order valence-corrected chi connectivity index (χ3v) is 9.86. The monoisotopic (exact) mass is 300 g/mol. The van der Waals surface area contributed by atoms with Crippen molar-refractivity contribution in [2.24, 2.45) is 0 Å². The zero-order valence-corrected chi connectivity index (χ0v) is 14.5. The van der Waals surface area contributed by atoms with Gasteiger partial charge < -0.3 is 0 Å². The van der Waals surface area contributed by atoms with Crippen molar-refractivity contribution in [3.63, 3.8) is 0 Å². The first-order valence-corrected chi connectivity index (χ1v) is 10.9. The summed E-state index contributed by atoms with van der Waals surface area (Å²) >= 11 is 0. The van der Waals surface area contributed by atoms with Gasteiger partial charge in [0, 0.05) is 0 Å². The van der Waals surface area contributed by atoms with Crippen LogP contribution in [0, 0.1) is 0 Å². The predicted octanol–water partition coefficient (Wildman–Crippen LogP) is 4.99. The second-order valence-corrected chi connectivity index (χ2v) is 10.3. The summed E-state index contributed by atoms with van der Waals surface area (Å²) in [4.78, 5) is 0. The summed E-state index contributed by atoms with van der Waals surface area (Å²) in [5, 5.41) is 3.25. The Morgan fingerprint density at radius 3 is 1.33 bits per heavy atom. The third kappa shape index (κ3) is 3.95. The molecular weight excluding hydrogens is 271 g/mol. The van der Waals surface area contributed by atoms with Gasteiger partial charge in [-0.1, -0.05) is 0 Å². The van der Waals surface area contributed by atoms with Crippen molar-refractivity contribution in [2.75, 3.05) is 12.3 Å². The topological polar surface area (TPSA) is 0 Å². The molecule has 0 fully saturated rings. The van der Waals surface area contributed by atoms with Crippen LogP contribution in [0.5, 0.6) is 0 Å². The van der Waals surface area contributed by atoms with E-state index in [0.29, 0.717) is 0 Å². The molecule has 1 heteroatoms. The summed E-state index contributed by atoms with van der Waals surface area (Å²) in [5.74, 6) is 0. The summed E-state index contributed by atoms with van der Waals surface area (Å²) in [6, 6.07) is 22.7. The fraction of sp³-hybridized carbons (Fsp3) is 0.400. The molecule has 2 rings (SSSR count). The maximum absolute atomic E-state index is 2.38. The van der Waals surface area contributed by atoms with Gasteiger partial charge in [-0.25, -0.2) is 0 Å². The molecule has 0 unspecified atom stereocenters. The van der Waals surface area contributed by atoms with Crippen LogP contribution in [0.1, 0.15) is 39.5 Å². The van der Waals surface area contributed by atoms with Gasteiger partial charge in [-0.3, -0.25) is 0 Å². The van der Waals surface area contributed by atoms with E-state index in [9.17, 15) is 0 Å². The molecule has 0 amide bonds. The van der Waals surface area contributed by atoms with Gasteiger partial charge >= 0.3 is 130 Å². The molecule has 0 atom stereocenters. The number of unbranched alkanes of at least 4 members (excludes halogenated alkanes) is 2. The van der Waals surface area contributed by atoms with Gasteiger partial charge in [-0.05, 0) is 0 Å². The van der Waals surface area contributed by atoms with Gasteiger partial charge in [0.25, 0.3) is 0 Å². The van der Waals surface area contributed by atoms with Crippen molar-refractivity contribution in [3.05, 3.63) is 60.7 Å². The van der Waals surface area contributed by atoms with Crippen molar-refractivity contribution >= 4 is 17.9 Å². The molecule has 0 saturated heterocycles. The summed E-state index contributed by atoms with van der Waals surface area (Å²) in [5.41, 5.74) is 0. The first-order chi connectivity index (χ1) is 10.3. The minimum absolute atomic E-state index is 1.29. The summed E-state index contributed by atoms with van der Waals surface area (Å²) < 4.78 is 0. The van der Waals surface area contributed by atoms with Gasteiger partial charge in [-0.15, -0.1) is 0 Å². The first kappa shape index (κ1) is 16.2. The van der Waals surface area contributed by atoms with Crippen LogP contribution in [0.2, 0.25) is 0 Å². The molecule has 2 aromatic carbocycles. The maximum atomic E-state index is 2.38. The van der Waals surface area contributed by atoms with Crippen LogP contribution in [0.15, 0.2) is 60.7 Å². The quantitative estimate of drug-likeness (QED) is 0.603. The molecule has 0 radical (unpaired) electrons. The van der Waals surface area contributed by atoms with Gasteiger partial charge in [0.1, 0.15) is 0 Å². The van der Waals surface area contributed by atoms with Crippen LogP contribution in [0.4, 0.5) is 0 Å². The molecule has 0 aromatic heterocycles. The average Bonchev–Trinajstić information content (AvgIpc) is 2.57. The van der Waals surface area contributed by atoms with Gasteiger partial charge in [0.05, 0.1) is 0 Å². The summed E-state index contributed by atoms with van der Waals surface area (Å²) in [6.45, 7) is 4.63. The van der Waals surface area contributed by atoms with E-state index in [0.717, 1.165) is 0 Å². The second-order valence-electron chi connectivity index (χ2n) is 6.02. The molecule has 114 valence electrons. The number of benzene rings is 2. The van der Waals surface area contributed by atoms with Crippen molar-refractivity contribution in [2.45, 2.75) is 39.5 Å². The minimum atomic E-state index is -1.59. The molecule has 21 heavy (non-hydrogen) atoms. The SMILES string of the molecule is CCCC[PH](CCCC)(c1ccccc1)c1ccccc1. The number of hydrogen-bond acceptors (Lipinski definition) is 0. The number of rotatable bonds is 8. The van der Waals surface area contributed by atoms with Crippen LogP contribution in [-0.2, 0) is 0 Å². The van der Waals surface area contributed by atoms with Gasteiger partial charge in [0.2, 0.25) is 0 Å². The first-order valence-electron chi connectivity index (χ1n) is 8.44. The van der Waals surface area contributed by atoms with Crippen molar-refractivity contribution < 1.29 is 0 Å². The molecule has 0 aliphatic heterocycles. The fourth-order valence-corrected chi connectivity index (χ4v) is 8.65. The third-order valence-electron chi connectivity index (χ3n) is 4.57. The van der Waals surface area contributed by atoms with Crippen molar-refractivity contribution in [3.8, 4) is 0 Å². The zero-order chi connectivity index (χ0) is 15.0. The molecule has 0 saturated carbocycles. The van der Waals surface area contributed by atoms with E-state index in [1.165, 1.54) is 38.0 Å². The summed E-state index contributed by atoms with van der Waals surface area (Å²) in [6.07, 6.45) is 8.05. The molecular formula is C20H29P. The van der Waals surface area contributed by atoms with E-state index >= 15 is 0 Å². The molecule has 0 nitrogen and oxygen atoms in total. The Morgan fingerprint density at radius 2 is 1.00 bits per heavy atom. The van der Waals surface area contributed by atoms with E-state index < -0.39 is 7.26 Å². The second kappa shape index (κ2) is 8.35. The predicted molar refractivity (Wildman–Crippen MR) is 100 cm³/mol. The Bertz CT molecular complexity index is 454. The molecule has 2 aromatic rings. The normalized spacial score (nSPS) is 12.3. The molecule has 0 N–H and O–H groups in total. The Labute approximate surface area is 130 Å². The van der Waals surface area contributed by atoms with Crippen LogP contribution < -0.4 is 10.6 Å². The molecule has 0 bridgehead atoms. The van der Waals surface area contributed by atoms with Crippen molar-refractivity contribution in [1.82, 2.24) is 0 Å². The standard InChI is InChI=1S/C20H29P/c1-3-5-17-21(18-6-4-2,19-13-9-7-10-14-19)20-15-11-8-12-16-20/h7-16,21H,3-6,17-18H2,1-2H3. The summed E-state index contributed by atoms with van der Waals surface area (Å²) in [7, 11) is -1.59. The van der Waals surface area contributed by atoms with Crippen LogP contribution in [-0.4, -0.2) is 12.3 Å². The zero-order valence-electron chi connectivity index (χ0n) is 13.5. The Kier molecular flexibility index (Phi) is 6.46. The van der Waals surface area contributed by atoms with Crippen LogP contribution in [0.25, 0.3) is 0 Å². The fourth-order valence-electron chi connectivity index (χ4n) is 3.34. The van der Waals surface area contributed by atoms with E-state index in [1.807, 2.05) is 0 Å². The van der Waals surface area contributed by atoms with Gasteiger partial charge in [-0.2, -0.15) is 0 Å². The van der Waals surface area contributed by atoms with E-state index in [2.05, 4.69) is 74.5 Å². The van der Waals surface area contributed by atoms with Crippen molar-refractivity contribution in [1.29, 1.82) is 0 Å². The molecule has 0 spiro atoms. The molecule has 0 aliphatic rings. The Balaban J connectivity index is 2.48. The molecule has 0 heterocycles. The number of hydrogen-bond donors (Lipinski definition) is 0. The van der Waals surface area contributed by atoms with E-state index in [-0.39, 0.29) is 0 Å². The van der Waals surface area contributed by atoms with E-state index in [1.54, 1.807) is 10.6 Å².